The second-order valence-corrected chi connectivity index (χ2v) is 6.83. The van der Waals surface area contributed by atoms with E-state index < -0.39 is 0 Å². The zero-order chi connectivity index (χ0) is 15.3. The quantitative estimate of drug-likeness (QED) is 0.750. The fraction of sp³-hybridized carbons (Fsp3) is 0.667. The highest BCUT2D eigenvalue weighted by molar-refractivity contribution is 5.42. The summed E-state index contributed by atoms with van der Waals surface area (Å²) >= 11 is 0. The minimum atomic E-state index is 0.370. The highest BCUT2D eigenvalue weighted by atomic mass is 16.5. The van der Waals surface area contributed by atoms with Gasteiger partial charge in [0.15, 0.2) is 11.5 Å². The van der Waals surface area contributed by atoms with Crippen molar-refractivity contribution in [1.29, 1.82) is 0 Å². The van der Waals surface area contributed by atoms with E-state index in [0.29, 0.717) is 5.41 Å². The summed E-state index contributed by atoms with van der Waals surface area (Å²) < 4.78 is 10.7. The Morgan fingerprint density at radius 2 is 1.81 bits per heavy atom. The highest BCUT2D eigenvalue weighted by Gasteiger charge is 2.22. The van der Waals surface area contributed by atoms with Gasteiger partial charge < -0.3 is 14.8 Å². The number of aryl methyl sites for hydroxylation is 1. The van der Waals surface area contributed by atoms with Gasteiger partial charge in [0.1, 0.15) is 0 Å². The second-order valence-electron chi connectivity index (χ2n) is 6.83. The number of rotatable bonds is 9. The average molecular weight is 291 g/mol. The predicted molar refractivity (Wildman–Crippen MR) is 87.3 cm³/mol. The number of methoxy groups -OCH3 is 2. The van der Waals surface area contributed by atoms with Gasteiger partial charge >= 0.3 is 0 Å². The molecule has 1 fully saturated rings. The fourth-order valence-electron chi connectivity index (χ4n) is 2.55. The lowest BCUT2D eigenvalue weighted by molar-refractivity contribution is 0.301. The van der Waals surface area contributed by atoms with Gasteiger partial charge in [-0.3, -0.25) is 0 Å². The van der Waals surface area contributed by atoms with Crippen molar-refractivity contribution in [3.8, 4) is 11.5 Å². The van der Waals surface area contributed by atoms with Gasteiger partial charge in [-0.2, -0.15) is 0 Å². The van der Waals surface area contributed by atoms with Crippen LogP contribution in [0.2, 0.25) is 0 Å². The monoisotopic (exact) mass is 291 g/mol. The number of hydrogen-bond acceptors (Lipinski definition) is 3. The highest BCUT2D eigenvalue weighted by Crippen LogP contribution is 2.31. The molecule has 0 amide bonds. The summed E-state index contributed by atoms with van der Waals surface area (Å²) in [5.41, 5.74) is 1.69. The van der Waals surface area contributed by atoms with Crippen LogP contribution < -0.4 is 14.8 Å². The molecule has 1 aliphatic carbocycles. The normalized spacial score (nSPS) is 15.0. The molecular weight excluding hydrogens is 262 g/mol. The van der Waals surface area contributed by atoms with Crippen molar-refractivity contribution in [2.24, 2.45) is 5.41 Å². The Hall–Kier alpha value is -1.22. The smallest absolute Gasteiger partial charge is 0.160 e. The van der Waals surface area contributed by atoms with Gasteiger partial charge in [0.25, 0.3) is 0 Å². The van der Waals surface area contributed by atoms with Gasteiger partial charge in [0.2, 0.25) is 0 Å². The molecule has 21 heavy (non-hydrogen) atoms. The van der Waals surface area contributed by atoms with Gasteiger partial charge in [0, 0.05) is 6.04 Å². The third kappa shape index (κ3) is 5.24. The van der Waals surface area contributed by atoms with E-state index in [2.05, 4.69) is 31.3 Å². The minimum absolute atomic E-state index is 0.370. The average Bonchev–Trinajstić information content (AvgIpc) is 3.29. The van der Waals surface area contributed by atoms with E-state index in [1.54, 1.807) is 14.2 Å². The molecule has 118 valence electrons. The summed E-state index contributed by atoms with van der Waals surface area (Å²) in [6, 6.07) is 7.04. The lowest BCUT2D eigenvalue weighted by Gasteiger charge is -2.25. The first-order valence-electron chi connectivity index (χ1n) is 7.98. The summed E-state index contributed by atoms with van der Waals surface area (Å²) in [5, 5.41) is 3.61. The van der Waals surface area contributed by atoms with Crippen LogP contribution >= 0.6 is 0 Å². The molecule has 3 nitrogen and oxygen atoms in total. The number of nitrogens with one attached hydrogen (secondary N) is 1. The van der Waals surface area contributed by atoms with Crippen LogP contribution in [0.4, 0.5) is 0 Å². The van der Waals surface area contributed by atoms with E-state index in [4.69, 9.17) is 9.47 Å². The molecule has 0 radical (unpaired) electrons. The Morgan fingerprint density at radius 3 is 2.43 bits per heavy atom. The van der Waals surface area contributed by atoms with Gasteiger partial charge in [0.05, 0.1) is 14.2 Å². The molecule has 0 unspecified atom stereocenters. The van der Waals surface area contributed by atoms with Gasteiger partial charge in [-0.25, -0.2) is 0 Å². The second kappa shape index (κ2) is 7.17. The lowest BCUT2D eigenvalue weighted by atomic mass is 9.83. The van der Waals surface area contributed by atoms with Gasteiger partial charge in [-0.15, -0.1) is 0 Å². The summed E-state index contributed by atoms with van der Waals surface area (Å²) in [7, 11) is 3.36. The van der Waals surface area contributed by atoms with Crippen molar-refractivity contribution in [1.82, 2.24) is 5.32 Å². The maximum Gasteiger partial charge on any atom is 0.160 e. The predicted octanol–water partition coefficient (Wildman–Crippen LogP) is 3.80. The van der Waals surface area contributed by atoms with Crippen molar-refractivity contribution in [2.45, 2.75) is 52.0 Å². The molecule has 0 aromatic heterocycles. The molecule has 2 rings (SSSR count). The Balaban J connectivity index is 1.82. The van der Waals surface area contributed by atoms with Crippen LogP contribution in [-0.2, 0) is 6.42 Å². The van der Waals surface area contributed by atoms with Crippen molar-refractivity contribution in [2.75, 3.05) is 20.8 Å². The van der Waals surface area contributed by atoms with Crippen LogP contribution in [0.3, 0.4) is 0 Å². The minimum Gasteiger partial charge on any atom is -0.493 e. The molecule has 1 aromatic rings. The Kier molecular flexibility index (Phi) is 5.51. The van der Waals surface area contributed by atoms with Crippen LogP contribution in [0.1, 0.15) is 45.1 Å². The maximum atomic E-state index is 5.37. The Bertz CT molecular complexity index is 453. The van der Waals surface area contributed by atoms with E-state index in [1.807, 2.05) is 6.07 Å². The lowest BCUT2D eigenvalue weighted by Crippen LogP contribution is -2.24. The van der Waals surface area contributed by atoms with E-state index in [-0.39, 0.29) is 0 Å². The first-order chi connectivity index (χ1) is 10.0. The molecule has 0 aliphatic heterocycles. The molecular formula is C18H29NO2. The maximum absolute atomic E-state index is 5.37. The van der Waals surface area contributed by atoms with Crippen LogP contribution in [0.25, 0.3) is 0 Å². The summed E-state index contributed by atoms with van der Waals surface area (Å²) in [4.78, 5) is 0. The van der Waals surface area contributed by atoms with Crippen LogP contribution in [-0.4, -0.2) is 26.8 Å². The van der Waals surface area contributed by atoms with Gasteiger partial charge in [-0.05, 0) is 61.8 Å². The number of ether oxygens (including phenoxy) is 2. The zero-order valence-corrected chi connectivity index (χ0v) is 13.9. The van der Waals surface area contributed by atoms with E-state index >= 15 is 0 Å². The van der Waals surface area contributed by atoms with Crippen LogP contribution in [0.15, 0.2) is 18.2 Å². The van der Waals surface area contributed by atoms with Crippen molar-refractivity contribution in [3.05, 3.63) is 23.8 Å². The first kappa shape index (κ1) is 16.2. The molecule has 1 aliphatic rings. The third-order valence-corrected chi connectivity index (χ3v) is 4.35. The van der Waals surface area contributed by atoms with Crippen LogP contribution in [0, 0.1) is 5.41 Å². The summed E-state index contributed by atoms with van der Waals surface area (Å²) in [5.74, 6) is 1.62. The third-order valence-electron chi connectivity index (χ3n) is 4.35. The SMILES string of the molecule is COc1ccc(CCC(C)(C)CCNC2CC2)cc1OC. The zero-order valence-electron chi connectivity index (χ0n) is 13.9. The molecule has 3 heteroatoms. The van der Waals surface area contributed by atoms with Crippen molar-refractivity contribution >= 4 is 0 Å². The molecule has 0 saturated heterocycles. The molecule has 0 bridgehead atoms. The fourth-order valence-corrected chi connectivity index (χ4v) is 2.55. The summed E-state index contributed by atoms with van der Waals surface area (Å²) in [6.45, 7) is 5.87. The van der Waals surface area contributed by atoms with Crippen molar-refractivity contribution in [3.63, 3.8) is 0 Å². The standard InChI is InChI=1S/C18H29NO2/c1-18(2,11-12-19-15-6-7-15)10-9-14-5-8-16(20-3)17(13-14)21-4/h5,8,13,15,19H,6-7,9-12H2,1-4H3. The molecule has 1 N–H and O–H groups in total. The molecule has 1 aromatic carbocycles. The molecule has 1 saturated carbocycles. The van der Waals surface area contributed by atoms with Gasteiger partial charge in [-0.1, -0.05) is 19.9 Å². The number of benzene rings is 1. The molecule has 0 heterocycles. The Morgan fingerprint density at radius 1 is 1.10 bits per heavy atom. The first-order valence-corrected chi connectivity index (χ1v) is 7.98. The molecule has 0 spiro atoms. The summed E-state index contributed by atoms with van der Waals surface area (Å²) in [6.07, 6.45) is 6.24. The van der Waals surface area contributed by atoms with Crippen LogP contribution in [0.5, 0.6) is 11.5 Å². The molecule has 0 atom stereocenters. The Labute approximate surface area is 129 Å². The van der Waals surface area contributed by atoms with E-state index in [1.165, 1.54) is 31.2 Å². The van der Waals surface area contributed by atoms with E-state index in [9.17, 15) is 0 Å². The van der Waals surface area contributed by atoms with E-state index in [0.717, 1.165) is 30.5 Å². The largest absolute Gasteiger partial charge is 0.493 e. The topological polar surface area (TPSA) is 30.5 Å². The number of hydrogen-bond donors (Lipinski definition) is 1. The van der Waals surface area contributed by atoms with Crippen molar-refractivity contribution < 1.29 is 9.47 Å².